The molecule has 2 saturated heterocycles. The second-order valence-electron chi connectivity index (χ2n) is 10.4. The molecule has 0 unspecified atom stereocenters. The van der Waals surface area contributed by atoms with Gasteiger partial charge in [0.2, 0.25) is 5.91 Å². The molecule has 3 aliphatic heterocycles. The zero-order valence-electron chi connectivity index (χ0n) is 22.3. The highest BCUT2D eigenvalue weighted by Gasteiger charge is 2.36. The van der Waals surface area contributed by atoms with Crippen molar-refractivity contribution >= 4 is 17.6 Å². The van der Waals surface area contributed by atoms with Crippen LogP contribution in [0, 0.1) is 0 Å². The van der Waals surface area contributed by atoms with E-state index in [1.807, 2.05) is 11.8 Å². The van der Waals surface area contributed by atoms with Gasteiger partial charge in [-0.1, -0.05) is 24.3 Å². The molecule has 1 aromatic carbocycles. The van der Waals surface area contributed by atoms with Crippen LogP contribution in [0.25, 0.3) is 0 Å². The maximum atomic E-state index is 13.5. The number of carbonyl (C=O) groups is 2. The van der Waals surface area contributed by atoms with Crippen LogP contribution in [0.3, 0.4) is 0 Å². The predicted octanol–water partition coefficient (Wildman–Crippen LogP) is 1.93. The number of amides is 2. The van der Waals surface area contributed by atoms with Gasteiger partial charge in [-0.2, -0.15) is 9.97 Å². The van der Waals surface area contributed by atoms with Crippen molar-refractivity contribution in [2.24, 2.45) is 0 Å². The fourth-order valence-corrected chi connectivity index (χ4v) is 5.84. The molecule has 2 N–H and O–H groups in total. The van der Waals surface area contributed by atoms with Gasteiger partial charge in [-0.3, -0.25) is 14.5 Å². The number of anilines is 1. The van der Waals surface area contributed by atoms with Gasteiger partial charge in [0.1, 0.15) is 11.5 Å². The van der Waals surface area contributed by atoms with Crippen molar-refractivity contribution < 1.29 is 19.4 Å². The number of piperidine rings is 2. The third-order valence-corrected chi connectivity index (χ3v) is 7.95. The molecule has 0 bridgehead atoms. The summed E-state index contributed by atoms with van der Waals surface area (Å²) < 4.78 is 5.57. The lowest BCUT2D eigenvalue weighted by Gasteiger charge is -2.43. The molecular weight excluding hydrogens is 484 g/mol. The number of hydrogen-bond donors (Lipinski definition) is 2. The van der Waals surface area contributed by atoms with E-state index in [0.29, 0.717) is 38.5 Å². The standard InChI is InChI=1S/C28H38N6O4/c1-3-38-28-30-23(16-26(31-28)29-22-9-13-32(14-10-22)19(2)35)27(37)34-15-11-24(25(36)18-34)33-12-8-20-6-4-5-7-21(20)17-33/h4-7,16,22,24-25,36H,3,8-15,17-18H2,1-2H3,(H,29,30,31)/t24-,25-/m1/s1. The van der Waals surface area contributed by atoms with E-state index in [2.05, 4.69) is 44.5 Å². The van der Waals surface area contributed by atoms with Crippen molar-refractivity contribution in [1.29, 1.82) is 0 Å². The van der Waals surface area contributed by atoms with Crippen molar-refractivity contribution in [3.05, 3.63) is 47.2 Å². The molecule has 5 rings (SSSR count). The van der Waals surface area contributed by atoms with Gasteiger partial charge in [-0.15, -0.1) is 0 Å². The normalized spacial score (nSPS) is 22.6. The highest BCUT2D eigenvalue weighted by molar-refractivity contribution is 5.93. The summed E-state index contributed by atoms with van der Waals surface area (Å²) in [5.41, 5.74) is 2.96. The second kappa shape index (κ2) is 11.7. The van der Waals surface area contributed by atoms with E-state index in [4.69, 9.17) is 4.74 Å². The molecule has 38 heavy (non-hydrogen) atoms. The molecule has 1 aromatic heterocycles. The van der Waals surface area contributed by atoms with Crippen molar-refractivity contribution in [1.82, 2.24) is 24.7 Å². The molecule has 3 aliphatic rings. The number of nitrogens with one attached hydrogen (secondary N) is 1. The summed E-state index contributed by atoms with van der Waals surface area (Å²) >= 11 is 0. The average molecular weight is 523 g/mol. The van der Waals surface area contributed by atoms with E-state index < -0.39 is 6.10 Å². The SMILES string of the molecule is CCOc1nc(NC2CCN(C(C)=O)CC2)cc(C(=O)N2CC[C@@H](N3CCc4ccccc4C3)[C@H](O)C2)n1. The Labute approximate surface area is 224 Å². The minimum Gasteiger partial charge on any atom is -0.464 e. The second-order valence-corrected chi connectivity index (χ2v) is 10.4. The van der Waals surface area contributed by atoms with Gasteiger partial charge >= 0.3 is 6.01 Å². The number of benzene rings is 1. The number of carbonyl (C=O) groups excluding carboxylic acids is 2. The van der Waals surface area contributed by atoms with Crippen molar-refractivity contribution in [2.45, 2.75) is 64.3 Å². The van der Waals surface area contributed by atoms with Gasteiger partial charge in [-0.05, 0) is 43.7 Å². The van der Waals surface area contributed by atoms with E-state index in [1.165, 1.54) is 11.1 Å². The average Bonchev–Trinajstić information content (AvgIpc) is 2.92. The number of fused-ring (bicyclic) bond motifs is 1. The van der Waals surface area contributed by atoms with E-state index in [-0.39, 0.29) is 42.1 Å². The lowest BCUT2D eigenvalue weighted by molar-refractivity contribution is -0.129. The Morgan fingerprint density at radius 1 is 1.05 bits per heavy atom. The largest absolute Gasteiger partial charge is 0.464 e. The first kappa shape index (κ1) is 26.4. The summed E-state index contributed by atoms with van der Waals surface area (Å²) in [5.74, 6) is 0.396. The highest BCUT2D eigenvalue weighted by Crippen LogP contribution is 2.26. The Morgan fingerprint density at radius 2 is 1.79 bits per heavy atom. The van der Waals surface area contributed by atoms with Crippen molar-refractivity contribution in [2.75, 3.05) is 44.6 Å². The van der Waals surface area contributed by atoms with Gasteiger partial charge in [0, 0.05) is 64.3 Å². The number of aliphatic hydroxyl groups excluding tert-OH is 1. The molecule has 2 aromatic rings. The summed E-state index contributed by atoms with van der Waals surface area (Å²) in [6.07, 6.45) is 2.66. The number of nitrogens with zero attached hydrogens (tertiary/aromatic N) is 5. The summed E-state index contributed by atoms with van der Waals surface area (Å²) in [4.78, 5) is 39.8. The fourth-order valence-electron chi connectivity index (χ4n) is 5.84. The molecular formula is C28H38N6O4. The number of β-amino-alcohol motifs (C(OH)–C–C–N with tert-alkyl or cyclic N) is 1. The first-order chi connectivity index (χ1) is 18.4. The van der Waals surface area contributed by atoms with Crippen molar-refractivity contribution in [3.8, 4) is 6.01 Å². The van der Waals surface area contributed by atoms with E-state index in [1.54, 1.807) is 17.9 Å². The molecule has 0 radical (unpaired) electrons. The number of aliphatic hydroxyl groups is 1. The molecule has 0 aliphatic carbocycles. The molecule has 0 spiro atoms. The van der Waals surface area contributed by atoms with Crippen LogP contribution in [-0.4, -0.2) is 99.1 Å². The zero-order chi connectivity index (χ0) is 26.6. The van der Waals surface area contributed by atoms with Gasteiger partial charge in [0.15, 0.2) is 0 Å². The Balaban J connectivity index is 1.23. The van der Waals surface area contributed by atoms with Crippen LogP contribution in [-0.2, 0) is 17.8 Å². The third kappa shape index (κ3) is 5.91. The molecule has 2 amide bonds. The Hall–Kier alpha value is -3.24. The number of hydrogen-bond acceptors (Lipinski definition) is 8. The number of aromatic nitrogens is 2. The van der Waals surface area contributed by atoms with Crippen LogP contribution in [0.5, 0.6) is 6.01 Å². The van der Waals surface area contributed by atoms with Crippen LogP contribution in [0.1, 0.15) is 54.7 Å². The Bertz CT molecular complexity index is 1150. The quantitative estimate of drug-likeness (QED) is 0.592. The van der Waals surface area contributed by atoms with Crippen LogP contribution >= 0.6 is 0 Å². The molecule has 10 heteroatoms. The molecule has 4 heterocycles. The number of ether oxygens (including phenoxy) is 1. The first-order valence-electron chi connectivity index (χ1n) is 13.7. The lowest BCUT2D eigenvalue weighted by Crippen LogP contribution is -2.56. The number of likely N-dealkylation sites (tertiary alicyclic amines) is 2. The maximum Gasteiger partial charge on any atom is 0.319 e. The van der Waals surface area contributed by atoms with Crippen LogP contribution in [0.2, 0.25) is 0 Å². The van der Waals surface area contributed by atoms with Gasteiger partial charge in [-0.25, -0.2) is 0 Å². The van der Waals surface area contributed by atoms with Crippen LogP contribution in [0.4, 0.5) is 5.82 Å². The highest BCUT2D eigenvalue weighted by atomic mass is 16.5. The molecule has 10 nitrogen and oxygen atoms in total. The van der Waals surface area contributed by atoms with Gasteiger partial charge in [0.25, 0.3) is 5.91 Å². The van der Waals surface area contributed by atoms with Gasteiger partial charge < -0.3 is 25.0 Å². The topological polar surface area (TPSA) is 111 Å². The zero-order valence-corrected chi connectivity index (χ0v) is 22.3. The first-order valence-corrected chi connectivity index (χ1v) is 13.7. The minimum atomic E-state index is -0.629. The Kier molecular flexibility index (Phi) is 8.09. The van der Waals surface area contributed by atoms with E-state index in [9.17, 15) is 14.7 Å². The smallest absolute Gasteiger partial charge is 0.319 e. The number of rotatable bonds is 6. The lowest BCUT2D eigenvalue weighted by atomic mass is 9.94. The monoisotopic (exact) mass is 522 g/mol. The molecule has 204 valence electrons. The molecule has 2 atom stereocenters. The summed E-state index contributed by atoms with van der Waals surface area (Å²) in [6.45, 7) is 7.78. The summed E-state index contributed by atoms with van der Waals surface area (Å²) in [5, 5.41) is 14.5. The maximum absolute atomic E-state index is 13.5. The fraction of sp³-hybridized carbons (Fsp3) is 0.571. The predicted molar refractivity (Wildman–Crippen MR) is 143 cm³/mol. The molecule has 2 fully saturated rings. The summed E-state index contributed by atoms with van der Waals surface area (Å²) in [6, 6.07) is 10.5. The minimum absolute atomic E-state index is 0.0230. The van der Waals surface area contributed by atoms with E-state index in [0.717, 1.165) is 32.4 Å². The van der Waals surface area contributed by atoms with Crippen LogP contribution < -0.4 is 10.1 Å². The van der Waals surface area contributed by atoms with Crippen molar-refractivity contribution in [3.63, 3.8) is 0 Å². The third-order valence-electron chi connectivity index (χ3n) is 7.95. The Morgan fingerprint density at radius 3 is 2.50 bits per heavy atom. The molecule has 0 saturated carbocycles. The van der Waals surface area contributed by atoms with Gasteiger partial charge in [0.05, 0.1) is 12.7 Å². The summed E-state index contributed by atoms with van der Waals surface area (Å²) in [7, 11) is 0. The van der Waals surface area contributed by atoms with E-state index >= 15 is 0 Å². The van der Waals surface area contributed by atoms with Crippen LogP contribution in [0.15, 0.2) is 30.3 Å².